The Balaban J connectivity index is 2.19. The van der Waals surface area contributed by atoms with E-state index in [9.17, 15) is 22.0 Å². The van der Waals surface area contributed by atoms with Gasteiger partial charge in [-0.25, -0.2) is 4.98 Å². The van der Waals surface area contributed by atoms with E-state index in [0.717, 1.165) is 0 Å². The Kier molecular flexibility index (Phi) is 5.95. The first-order valence-electron chi connectivity index (χ1n) is 7.46. The molecule has 12 heteroatoms. The van der Waals surface area contributed by atoms with Gasteiger partial charge in [0.05, 0.1) is 30.2 Å². The van der Waals surface area contributed by atoms with Crippen molar-refractivity contribution in [1.29, 1.82) is 0 Å². The van der Waals surface area contributed by atoms with Crippen LogP contribution in [0, 0.1) is 6.92 Å². The van der Waals surface area contributed by atoms with Gasteiger partial charge in [-0.1, -0.05) is 0 Å². The normalized spacial score (nSPS) is 13.1. The molecule has 2 N–H and O–H groups in total. The molecule has 7 nitrogen and oxygen atoms in total. The highest BCUT2D eigenvalue weighted by Gasteiger charge is 2.35. The summed E-state index contributed by atoms with van der Waals surface area (Å²) >= 11 is 0. The number of aromatic nitrogens is 4. The summed E-state index contributed by atoms with van der Waals surface area (Å²) in [6, 6.07) is -0.471. The van der Waals surface area contributed by atoms with Crippen LogP contribution in [0.1, 0.15) is 24.2 Å². The number of hydrogen-bond donors (Lipinski definition) is 2. The monoisotopic (exact) mass is 380 g/mol. The van der Waals surface area contributed by atoms with E-state index in [2.05, 4.69) is 30.4 Å². The molecule has 0 saturated carbocycles. The summed E-state index contributed by atoms with van der Waals surface area (Å²) in [5.41, 5.74) is -0.00341. The fraction of sp³-hybridized carbons (Fsp3) is 0.500. The van der Waals surface area contributed by atoms with E-state index in [-0.39, 0.29) is 18.4 Å². The van der Waals surface area contributed by atoms with Crippen LogP contribution in [-0.2, 0) is 10.9 Å². The van der Waals surface area contributed by atoms with Crippen molar-refractivity contribution in [3.8, 4) is 0 Å². The van der Waals surface area contributed by atoms with E-state index < -0.39 is 24.4 Å². The number of alkyl halides is 5. The molecule has 2 aromatic rings. The number of ether oxygens (including phenoxy) is 1. The number of rotatable bonds is 7. The van der Waals surface area contributed by atoms with Crippen molar-refractivity contribution in [3.05, 3.63) is 23.7 Å². The van der Waals surface area contributed by atoms with Gasteiger partial charge in [0.15, 0.2) is 0 Å². The molecule has 0 aliphatic rings. The lowest BCUT2D eigenvalue weighted by Crippen LogP contribution is -2.17. The van der Waals surface area contributed by atoms with Gasteiger partial charge in [0.1, 0.15) is 11.4 Å². The fourth-order valence-corrected chi connectivity index (χ4v) is 2.23. The predicted molar refractivity (Wildman–Crippen MR) is 83.5 cm³/mol. The highest BCUT2D eigenvalue weighted by atomic mass is 19.4. The third-order valence-electron chi connectivity index (χ3n) is 3.50. The van der Waals surface area contributed by atoms with Crippen molar-refractivity contribution < 1.29 is 26.7 Å². The molecule has 0 aliphatic carbocycles. The highest BCUT2D eigenvalue weighted by molar-refractivity contribution is 5.58. The first-order chi connectivity index (χ1) is 12.1. The summed E-state index contributed by atoms with van der Waals surface area (Å²) in [4.78, 5) is 7.45. The minimum absolute atomic E-state index is 0.0681. The van der Waals surface area contributed by atoms with Crippen LogP contribution in [0.25, 0.3) is 0 Å². The zero-order valence-corrected chi connectivity index (χ0v) is 14.1. The summed E-state index contributed by atoms with van der Waals surface area (Å²) in [6.45, 7) is 0.170. The fourth-order valence-electron chi connectivity index (χ4n) is 2.23. The van der Waals surface area contributed by atoms with Crippen LogP contribution in [0.4, 0.5) is 39.4 Å². The maximum absolute atomic E-state index is 12.9. The maximum Gasteiger partial charge on any atom is 0.421 e. The second kappa shape index (κ2) is 7.81. The molecule has 0 amide bonds. The molecule has 144 valence electrons. The predicted octanol–water partition coefficient (Wildman–Crippen LogP) is 3.59. The van der Waals surface area contributed by atoms with Crippen molar-refractivity contribution in [2.75, 3.05) is 24.3 Å². The number of hydrogen-bond acceptors (Lipinski definition) is 6. The number of nitrogens with one attached hydrogen (secondary N) is 2. The second-order valence-electron chi connectivity index (χ2n) is 5.36. The third kappa shape index (κ3) is 4.56. The third-order valence-corrected chi connectivity index (χ3v) is 3.50. The van der Waals surface area contributed by atoms with Crippen molar-refractivity contribution in [3.63, 3.8) is 0 Å². The number of anilines is 3. The quantitative estimate of drug-likeness (QED) is 0.715. The second-order valence-corrected chi connectivity index (χ2v) is 5.36. The van der Waals surface area contributed by atoms with Crippen molar-refractivity contribution in [2.45, 2.75) is 32.7 Å². The van der Waals surface area contributed by atoms with Crippen LogP contribution < -0.4 is 10.6 Å². The molecule has 0 saturated heterocycles. The Morgan fingerprint density at radius 2 is 1.96 bits per heavy atom. The van der Waals surface area contributed by atoms with Gasteiger partial charge in [-0.05, 0) is 13.8 Å². The number of nitrogens with zero attached hydrogens (tertiary/aromatic N) is 4. The molecule has 0 bridgehead atoms. The molecule has 2 heterocycles. The average molecular weight is 380 g/mol. The molecule has 0 radical (unpaired) electrons. The Hall–Kier alpha value is -2.50. The lowest BCUT2D eigenvalue weighted by Gasteiger charge is -2.15. The van der Waals surface area contributed by atoms with Gasteiger partial charge in [0.25, 0.3) is 0 Å². The minimum Gasteiger partial charge on any atom is -0.372 e. The first kappa shape index (κ1) is 19.8. The van der Waals surface area contributed by atoms with Crippen LogP contribution in [0.2, 0.25) is 0 Å². The Morgan fingerprint density at radius 3 is 2.54 bits per heavy atom. The van der Waals surface area contributed by atoms with Crippen LogP contribution in [0.5, 0.6) is 0 Å². The Labute approximate surface area is 145 Å². The topological polar surface area (TPSA) is 76.9 Å². The summed E-state index contributed by atoms with van der Waals surface area (Å²) < 4.78 is 68.5. The molecule has 2 aromatic heterocycles. The van der Waals surface area contributed by atoms with Gasteiger partial charge >= 0.3 is 12.8 Å². The standard InChI is InChI=1S/C14H17F5N6O/c1-7(6-26-12(15)16)25-8(2)10(5-22-25)23-13-21-4-9(14(17,18)19)11(20-3)24-13/h4-5,7,12H,6H2,1-3H3,(H2,20,21,23,24)/t7-/m0/s1. The van der Waals surface area contributed by atoms with Crippen LogP contribution >= 0.6 is 0 Å². The zero-order valence-electron chi connectivity index (χ0n) is 14.1. The van der Waals surface area contributed by atoms with Crippen LogP contribution in [-0.4, -0.2) is 40.0 Å². The zero-order chi connectivity index (χ0) is 19.5. The summed E-state index contributed by atoms with van der Waals surface area (Å²) in [5, 5.41) is 9.21. The van der Waals surface area contributed by atoms with Gasteiger partial charge in [0, 0.05) is 13.2 Å². The number of halogens is 5. The summed E-state index contributed by atoms with van der Waals surface area (Å²) in [7, 11) is 1.31. The largest absolute Gasteiger partial charge is 0.421 e. The first-order valence-corrected chi connectivity index (χ1v) is 7.46. The summed E-state index contributed by atoms with van der Waals surface area (Å²) in [6.07, 6.45) is -2.52. The molecule has 0 aromatic carbocycles. The van der Waals surface area contributed by atoms with E-state index in [1.54, 1.807) is 13.8 Å². The molecular formula is C14H17F5N6O. The summed E-state index contributed by atoms with van der Waals surface area (Å²) in [5.74, 6) is -0.444. The smallest absolute Gasteiger partial charge is 0.372 e. The lowest BCUT2D eigenvalue weighted by molar-refractivity contribution is -0.137. The maximum atomic E-state index is 12.9. The SMILES string of the molecule is CNc1nc(Nc2cnn([C@@H](C)COC(F)F)c2C)ncc1C(F)(F)F. The van der Waals surface area contributed by atoms with Gasteiger partial charge in [-0.15, -0.1) is 0 Å². The van der Waals surface area contributed by atoms with E-state index in [1.165, 1.54) is 17.9 Å². The minimum atomic E-state index is -4.59. The van der Waals surface area contributed by atoms with Gasteiger partial charge in [-0.3, -0.25) is 4.68 Å². The van der Waals surface area contributed by atoms with E-state index in [4.69, 9.17) is 0 Å². The molecule has 1 atom stereocenters. The van der Waals surface area contributed by atoms with E-state index >= 15 is 0 Å². The van der Waals surface area contributed by atoms with Gasteiger partial charge < -0.3 is 15.4 Å². The molecule has 0 unspecified atom stereocenters. The van der Waals surface area contributed by atoms with Crippen molar-refractivity contribution >= 4 is 17.5 Å². The molecule has 2 rings (SSSR count). The molecule has 0 spiro atoms. The molecule has 0 aliphatic heterocycles. The van der Waals surface area contributed by atoms with Gasteiger partial charge in [0.2, 0.25) is 5.95 Å². The van der Waals surface area contributed by atoms with Crippen molar-refractivity contribution in [2.24, 2.45) is 0 Å². The Bertz CT molecular complexity index is 748. The van der Waals surface area contributed by atoms with Gasteiger partial charge in [-0.2, -0.15) is 32.0 Å². The Morgan fingerprint density at radius 1 is 1.27 bits per heavy atom. The van der Waals surface area contributed by atoms with E-state index in [1.807, 2.05) is 0 Å². The molecule has 0 fully saturated rings. The average Bonchev–Trinajstić information content (AvgIpc) is 2.92. The van der Waals surface area contributed by atoms with Crippen molar-refractivity contribution in [1.82, 2.24) is 19.7 Å². The molecule has 26 heavy (non-hydrogen) atoms. The molecular weight excluding hydrogens is 363 g/mol. The van der Waals surface area contributed by atoms with E-state index in [0.29, 0.717) is 17.6 Å². The van der Waals surface area contributed by atoms with Crippen LogP contribution in [0.15, 0.2) is 12.4 Å². The highest BCUT2D eigenvalue weighted by Crippen LogP contribution is 2.34. The van der Waals surface area contributed by atoms with Crippen LogP contribution in [0.3, 0.4) is 0 Å². The lowest BCUT2D eigenvalue weighted by atomic mass is 10.3.